The highest BCUT2D eigenvalue weighted by atomic mass is 32.2. The van der Waals surface area contributed by atoms with E-state index in [1.54, 1.807) is 11.6 Å². The zero-order valence-electron chi connectivity index (χ0n) is 12.6. The Labute approximate surface area is 133 Å². The first-order valence-electron chi connectivity index (χ1n) is 7.47. The molecule has 0 aliphatic carbocycles. The van der Waals surface area contributed by atoms with Crippen LogP contribution in [-0.4, -0.2) is 34.7 Å². The van der Waals surface area contributed by atoms with E-state index in [0.717, 1.165) is 11.3 Å². The Morgan fingerprint density at radius 2 is 2.09 bits per heavy atom. The molecule has 0 saturated carbocycles. The van der Waals surface area contributed by atoms with Gasteiger partial charge in [0.25, 0.3) is 5.56 Å². The summed E-state index contributed by atoms with van der Waals surface area (Å²) in [6.07, 6.45) is 1.16. The van der Waals surface area contributed by atoms with E-state index in [9.17, 15) is 13.2 Å². The molecule has 1 fully saturated rings. The van der Waals surface area contributed by atoms with Gasteiger partial charge in [-0.15, -0.1) is 0 Å². The first kappa shape index (κ1) is 14.4. The number of benzene rings is 1. The van der Waals surface area contributed by atoms with Gasteiger partial charge in [-0.3, -0.25) is 4.79 Å². The molecule has 120 valence electrons. The van der Waals surface area contributed by atoms with Crippen molar-refractivity contribution in [3.05, 3.63) is 40.3 Å². The topological polar surface area (TPSA) is 93.9 Å². The molecule has 23 heavy (non-hydrogen) atoms. The van der Waals surface area contributed by atoms with E-state index < -0.39 is 15.5 Å². The van der Waals surface area contributed by atoms with E-state index >= 15 is 0 Å². The van der Waals surface area contributed by atoms with Crippen molar-refractivity contribution in [1.82, 2.24) is 14.8 Å². The normalized spacial score (nSPS) is 24.6. The van der Waals surface area contributed by atoms with Crippen LogP contribution in [0.25, 0.3) is 11.4 Å². The SMILES string of the molecule is Cc1nn2c(nc1=O)-c1ccccc1N[C@@]21CCCS(=O)(=O)C1. The first-order valence-corrected chi connectivity index (χ1v) is 9.29. The van der Waals surface area contributed by atoms with Crippen molar-refractivity contribution in [1.29, 1.82) is 0 Å². The fourth-order valence-electron chi connectivity index (χ4n) is 3.39. The minimum atomic E-state index is -3.19. The van der Waals surface area contributed by atoms with Crippen LogP contribution >= 0.6 is 0 Å². The van der Waals surface area contributed by atoms with Crippen LogP contribution in [-0.2, 0) is 15.5 Å². The molecule has 0 amide bonds. The van der Waals surface area contributed by atoms with Crippen molar-refractivity contribution >= 4 is 15.5 Å². The zero-order valence-corrected chi connectivity index (χ0v) is 13.4. The second kappa shape index (κ2) is 4.64. The van der Waals surface area contributed by atoms with Gasteiger partial charge in [-0.1, -0.05) is 12.1 Å². The molecule has 1 spiro atoms. The molecular weight excluding hydrogens is 316 g/mol. The van der Waals surface area contributed by atoms with Crippen LogP contribution in [0.15, 0.2) is 29.1 Å². The van der Waals surface area contributed by atoms with Gasteiger partial charge in [-0.2, -0.15) is 10.1 Å². The minimum absolute atomic E-state index is 0.0572. The summed E-state index contributed by atoms with van der Waals surface area (Å²) in [5, 5.41) is 7.72. The Kier molecular flexibility index (Phi) is 2.90. The molecule has 4 rings (SSSR count). The highest BCUT2D eigenvalue weighted by molar-refractivity contribution is 7.91. The van der Waals surface area contributed by atoms with E-state index in [1.807, 2.05) is 24.3 Å². The Morgan fingerprint density at radius 3 is 2.87 bits per heavy atom. The number of aromatic nitrogens is 3. The first-order chi connectivity index (χ1) is 10.9. The Hall–Kier alpha value is -2.22. The molecule has 1 saturated heterocycles. The van der Waals surface area contributed by atoms with Gasteiger partial charge in [0.1, 0.15) is 11.4 Å². The largest absolute Gasteiger partial charge is 0.360 e. The van der Waals surface area contributed by atoms with Gasteiger partial charge < -0.3 is 5.32 Å². The van der Waals surface area contributed by atoms with Crippen LogP contribution in [0.3, 0.4) is 0 Å². The molecule has 0 bridgehead atoms. The van der Waals surface area contributed by atoms with Gasteiger partial charge in [-0.05, 0) is 31.9 Å². The Morgan fingerprint density at radius 1 is 1.30 bits per heavy atom. The molecule has 8 heteroatoms. The molecule has 0 radical (unpaired) electrons. The van der Waals surface area contributed by atoms with Crippen molar-refractivity contribution in [3.63, 3.8) is 0 Å². The van der Waals surface area contributed by atoms with Crippen molar-refractivity contribution in [2.45, 2.75) is 25.4 Å². The van der Waals surface area contributed by atoms with Gasteiger partial charge in [0, 0.05) is 11.3 Å². The van der Waals surface area contributed by atoms with Crippen molar-refractivity contribution in [2.75, 3.05) is 16.8 Å². The average Bonchev–Trinajstić information content (AvgIpc) is 2.48. The molecule has 1 atom stereocenters. The number of hydrogen-bond acceptors (Lipinski definition) is 6. The molecule has 2 aliphatic heterocycles. The molecule has 7 nitrogen and oxygen atoms in total. The van der Waals surface area contributed by atoms with Gasteiger partial charge in [0.15, 0.2) is 15.7 Å². The molecule has 3 heterocycles. The van der Waals surface area contributed by atoms with E-state index in [4.69, 9.17) is 0 Å². The van der Waals surface area contributed by atoms with Gasteiger partial charge >= 0.3 is 0 Å². The second-order valence-electron chi connectivity index (χ2n) is 6.14. The maximum absolute atomic E-state index is 12.2. The van der Waals surface area contributed by atoms with Gasteiger partial charge in [0.2, 0.25) is 0 Å². The van der Waals surface area contributed by atoms with E-state index in [0.29, 0.717) is 18.7 Å². The lowest BCUT2D eigenvalue weighted by molar-refractivity contribution is 0.287. The van der Waals surface area contributed by atoms with E-state index in [1.165, 1.54) is 0 Å². The molecule has 1 aromatic heterocycles. The van der Waals surface area contributed by atoms with Gasteiger partial charge in [-0.25, -0.2) is 13.1 Å². The Bertz CT molecular complexity index is 967. The number of para-hydroxylation sites is 1. The summed E-state index contributed by atoms with van der Waals surface area (Å²) in [4.78, 5) is 16.1. The molecular formula is C15H16N4O3S. The molecule has 1 N–H and O–H groups in total. The maximum atomic E-state index is 12.2. The summed E-state index contributed by atoms with van der Waals surface area (Å²) in [5.74, 6) is 0.547. The third-order valence-electron chi connectivity index (χ3n) is 4.41. The average molecular weight is 332 g/mol. The second-order valence-corrected chi connectivity index (χ2v) is 8.32. The van der Waals surface area contributed by atoms with Crippen LogP contribution in [0.1, 0.15) is 18.5 Å². The lowest BCUT2D eigenvalue weighted by atomic mass is 9.99. The summed E-state index contributed by atoms with van der Waals surface area (Å²) in [6.45, 7) is 1.59. The molecule has 0 unspecified atom stereocenters. The van der Waals surface area contributed by atoms with Crippen LogP contribution < -0.4 is 10.9 Å². The quantitative estimate of drug-likeness (QED) is 0.770. The fraction of sp³-hybridized carbons (Fsp3) is 0.400. The highest BCUT2D eigenvalue weighted by Crippen LogP contribution is 2.40. The zero-order chi connectivity index (χ0) is 16.2. The van der Waals surface area contributed by atoms with Gasteiger partial charge in [0.05, 0.1) is 11.5 Å². The van der Waals surface area contributed by atoms with Crippen LogP contribution in [0.5, 0.6) is 0 Å². The minimum Gasteiger partial charge on any atom is -0.360 e. The summed E-state index contributed by atoms with van der Waals surface area (Å²) < 4.78 is 26.1. The standard InChI is InChI=1S/C15H16N4O3S/c1-10-14(20)16-13-11-5-2-3-6-12(11)17-15(19(13)18-10)7-4-8-23(21,22)9-15/h2-3,5-6,17H,4,7-9H2,1H3/t15-/m0/s1. The highest BCUT2D eigenvalue weighted by Gasteiger charge is 2.45. The molecule has 2 aromatic rings. The molecule has 2 aliphatic rings. The Balaban J connectivity index is 2.03. The smallest absolute Gasteiger partial charge is 0.294 e. The lowest BCUT2D eigenvalue weighted by Crippen LogP contribution is -2.54. The number of aryl methyl sites for hydroxylation is 1. The monoisotopic (exact) mass is 332 g/mol. The fourth-order valence-corrected chi connectivity index (χ4v) is 5.18. The number of anilines is 1. The number of nitrogens with zero attached hydrogens (tertiary/aromatic N) is 3. The number of rotatable bonds is 0. The van der Waals surface area contributed by atoms with Crippen molar-refractivity contribution in [2.24, 2.45) is 0 Å². The van der Waals surface area contributed by atoms with Crippen molar-refractivity contribution in [3.8, 4) is 11.4 Å². The lowest BCUT2D eigenvalue weighted by Gasteiger charge is -2.43. The predicted octanol–water partition coefficient (Wildman–Crippen LogP) is 0.901. The van der Waals surface area contributed by atoms with E-state index in [-0.39, 0.29) is 22.8 Å². The number of hydrogen-bond donors (Lipinski definition) is 1. The summed E-state index contributed by atoms with van der Waals surface area (Å²) >= 11 is 0. The summed E-state index contributed by atoms with van der Waals surface area (Å²) in [5.41, 5.74) is 0.526. The van der Waals surface area contributed by atoms with Crippen LogP contribution in [0.2, 0.25) is 0 Å². The summed E-state index contributed by atoms with van der Waals surface area (Å²) in [7, 11) is -3.19. The third-order valence-corrected chi connectivity index (χ3v) is 6.24. The van der Waals surface area contributed by atoms with Crippen LogP contribution in [0, 0.1) is 6.92 Å². The van der Waals surface area contributed by atoms with E-state index in [2.05, 4.69) is 15.4 Å². The number of nitrogens with one attached hydrogen (secondary N) is 1. The number of fused-ring (bicyclic) bond motifs is 4. The summed E-state index contributed by atoms with van der Waals surface area (Å²) in [6, 6.07) is 7.44. The third kappa shape index (κ3) is 2.16. The predicted molar refractivity (Wildman–Crippen MR) is 85.9 cm³/mol. The molecule has 1 aromatic carbocycles. The van der Waals surface area contributed by atoms with Crippen molar-refractivity contribution < 1.29 is 8.42 Å². The van der Waals surface area contributed by atoms with Crippen LogP contribution in [0.4, 0.5) is 5.69 Å². The maximum Gasteiger partial charge on any atom is 0.294 e. The number of sulfone groups is 1.